The van der Waals surface area contributed by atoms with Gasteiger partial charge in [-0.25, -0.2) is 8.42 Å². The van der Waals surface area contributed by atoms with Crippen LogP contribution in [0.1, 0.15) is 29.8 Å². The van der Waals surface area contributed by atoms with Gasteiger partial charge in [-0.2, -0.15) is 0 Å². The van der Waals surface area contributed by atoms with Gasteiger partial charge in [0.2, 0.25) is 0 Å². The lowest BCUT2D eigenvalue weighted by atomic mass is 9.99. The Balaban J connectivity index is 2.02. The molecule has 0 radical (unpaired) electrons. The zero-order valence-corrected chi connectivity index (χ0v) is 16.1. The fourth-order valence-electron chi connectivity index (χ4n) is 2.53. The fraction of sp³-hybridized carbons (Fsp3) is 0.300. The summed E-state index contributed by atoms with van der Waals surface area (Å²) < 4.78 is 24.2. The number of benzene rings is 2. The first-order valence-electron chi connectivity index (χ1n) is 8.60. The number of amides is 1. The molecule has 2 N–H and O–H groups in total. The van der Waals surface area contributed by atoms with Gasteiger partial charge in [0.1, 0.15) is 0 Å². The molecule has 0 saturated carbocycles. The minimum absolute atomic E-state index is 0.0187. The van der Waals surface area contributed by atoms with Crippen LogP contribution in [-0.4, -0.2) is 37.2 Å². The highest BCUT2D eigenvalue weighted by atomic mass is 32.2. The maximum Gasteiger partial charge on any atom is 0.308 e. The minimum Gasteiger partial charge on any atom is -0.481 e. The van der Waals surface area contributed by atoms with E-state index in [9.17, 15) is 23.1 Å². The maximum absolute atomic E-state index is 12.3. The van der Waals surface area contributed by atoms with Crippen molar-refractivity contribution in [2.75, 3.05) is 6.54 Å². The van der Waals surface area contributed by atoms with Crippen molar-refractivity contribution < 1.29 is 23.1 Å². The number of carboxylic acid groups (broad SMARTS) is 1. The van der Waals surface area contributed by atoms with Crippen molar-refractivity contribution in [3.63, 3.8) is 0 Å². The summed E-state index contributed by atoms with van der Waals surface area (Å²) in [5.41, 5.74) is 1.16. The van der Waals surface area contributed by atoms with Crippen LogP contribution in [0.25, 0.3) is 0 Å². The predicted molar refractivity (Wildman–Crippen MR) is 102 cm³/mol. The summed E-state index contributed by atoms with van der Waals surface area (Å²) in [7, 11) is -3.40. The van der Waals surface area contributed by atoms with Crippen LogP contribution < -0.4 is 5.32 Å². The second-order valence-corrected chi connectivity index (χ2v) is 9.06. The highest BCUT2D eigenvalue weighted by Gasteiger charge is 2.21. The standard InChI is InChI=1S/C20H23NO5S/c1-14(2)27(25,26)18-10-8-16(9-11-18)19(22)21-13-17(20(23)24)12-15-6-4-3-5-7-15/h3-11,14,17H,12-13H2,1-2H3,(H,21,22)(H,23,24). The summed E-state index contributed by atoms with van der Waals surface area (Å²) in [5.74, 6) is -2.18. The van der Waals surface area contributed by atoms with Crippen molar-refractivity contribution in [1.29, 1.82) is 0 Å². The molecule has 1 unspecified atom stereocenters. The molecule has 0 fully saturated rings. The molecule has 0 saturated heterocycles. The first-order valence-corrected chi connectivity index (χ1v) is 10.2. The number of hydrogen-bond acceptors (Lipinski definition) is 4. The lowest BCUT2D eigenvalue weighted by Crippen LogP contribution is -2.34. The first-order chi connectivity index (χ1) is 12.7. The molecule has 0 aliphatic carbocycles. The Morgan fingerprint density at radius 1 is 1.00 bits per heavy atom. The van der Waals surface area contributed by atoms with Crippen molar-refractivity contribution in [3.8, 4) is 0 Å². The number of carbonyl (C=O) groups excluding carboxylic acids is 1. The summed E-state index contributed by atoms with van der Waals surface area (Å²) >= 11 is 0. The lowest BCUT2D eigenvalue weighted by molar-refractivity contribution is -0.141. The number of aliphatic carboxylic acids is 1. The Labute approximate surface area is 159 Å². The van der Waals surface area contributed by atoms with Crippen LogP contribution >= 0.6 is 0 Å². The number of rotatable bonds is 8. The molecule has 2 aromatic carbocycles. The molecule has 0 aliphatic rings. The van der Waals surface area contributed by atoms with E-state index < -0.39 is 32.9 Å². The molecule has 1 amide bonds. The molecular formula is C20H23NO5S. The Morgan fingerprint density at radius 3 is 2.11 bits per heavy atom. The third-order valence-electron chi connectivity index (χ3n) is 4.25. The summed E-state index contributed by atoms with van der Waals surface area (Å²) in [6, 6.07) is 14.8. The number of nitrogens with one attached hydrogen (secondary N) is 1. The Morgan fingerprint density at radius 2 is 1.59 bits per heavy atom. The van der Waals surface area contributed by atoms with E-state index in [4.69, 9.17) is 0 Å². The quantitative estimate of drug-likeness (QED) is 0.723. The second-order valence-electron chi connectivity index (χ2n) is 6.55. The van der Waals surface area contributed by atoms with Gasteiger partial charge >= 0.3 is 5.97 Å². The third kappa shape index (κ3) is 5.40. The smallest absolute Gasteiger partial charge is 0.308 e. The second kappa shape index (κ2) is 8.81. The molecule has 2 rings (SSSR count). The SMILES string of the molecule is CC(C)S(=O)(=O)c1ccc(C(=O)NCC(Cc2ccccc2)C(=O)O)cc1. The van der Waals surface area contributed by atoms with Crippen LogP contribution in [0.2, 0.25) is 0 Å². The van der Waals surface area contributed by atoms with E-state index in [1.807, 2.05) is 30.3 Å². The summed E-state index contributed by atoms with van der Waals surface area (Å²) in [4.78, 5) is 23.9. The summed E-state index contributed by atoms with van der Waals surface area (Å²) in [6.07, 6.45) is 0.308. The first kappa shape index (κ1) is 20.6. The molecular weight excluding hydrogens is 366 g/mol. The number of hydrogen-bond donors (Lipinski definition) is 2. The van der Waals surface area contributed by atoms with Gasteiger partial charge in [-0.3, -0.25) is 9.59 Å². The van der Waals surface area contributed by atoms with Crippen molar-refractivity contribution in [1.82, 2.24) is 5.32 Å². The molecule has 0 aromatic heterocycles. The van der Waals surface area contributed by atoms with Crippen molar-refractivity contribution in [2.24, 2.45) is 5.92 Å². The van der Waals surface area contributed by atoms with Gasteiger partial charge in [-0.05, 0) is 50.1 Å². The average Bonchev–Trinajstić information content (AvgIpc) is 2.65. The van der Waals surface area contributed by atoms with Gasteiger partial charge in [-0.1, -0.05) is 30.3 Å². The van der Waals surface area contributed by atoms with Gasteiger partial charge in [0, 0.05) is 12.1 Å². The number of carbonyl (C=O) groups is 2. The van der Waals surface area contributed by atoms with Gasteiger partial charge in [0.05, 0.1) is 16.1 Å². The molecule has 7 heteroatoms. The van der Waals surface area contributed by atoms with E-state index in [1.165, 1.54) is 24.3 Å². The van der Waals surface area contributed by atoms with Crippen LogP contribution in [-0.2, 0) is 21.1 Å². The van der Waals surface area contributed by atoms with E-state index in [1.54, 1.807) is 13.8 Å². The Hall–Kier alpha value is -2.67. The Kier molecular flexibility index (Phi) is 6.74. The average molecular weight is 389 g/mol. The third-order valence-corrected chi connectivity index (χ3v) is 6.42. The molecule has 6 nitrogen and oxygen atoms in total. The van der Waals surface area contributed by atoms with Gasteiger partial charge in [0.25, 0.3) is 5.91 Å². The highest BCUT2D eigenvalue weighted by Crippen LogP contribution is 2.16. The molecule has 1 atom stereocenters. The van der Waals surface area contributed by atoms with E-state index in [2.05, 4.69) is 5.32 Å². The topological polar surface area (TPSA) is 101 Å². The highest BCUT2D eigenvalue weighted by molar-refractivity contribution is 7.92. The predicted octanol–water partition coefficient (Wildman–Crippen LogP) is 2.54. The van der Waals surface area contributed by atoms with E-state index in [0.29, 0.717) is 6.42 Å². The molecule has 0 bridgehead atoms. The van der Waals surface area contributed by atoms with E-state index in [-0.39, 0.29) is 17.0 Å². The van der Waals surface area contributed by atoms with Crippen molar-refractivity contribution in [3.05, 3.63) is 65.7 Å². The van der Waals surface area contributed by atoms with Crippen LogP contribution in [0.5, 0.6) is 0 Å². The minimum atomic E-state index is -3.40. The Bertz CT molecular complexity index is 890. The van der Waals surface area contributed by atoms with E-state index in [0.717, 1.165) is 5.56 Å². The lowest BCUT2D eigenvalue weighted by Gasteiger charge is -2.14. The molecule has 0 aliphatic heterocycles. The van der Waals surface area contributed by atoms with E-state index >= 15 is 0 Å². The molecule has 27 heavy (non-hydrogen) atoms. The fourth-order valence-corrected chi connectivity index (χ4v) is 3.59. The zero-order valence-electron chi connectivity index (χ0n) is 15.3. The largest absolute Gasteiger partial charge is 0.481 e. The van der Waals surface area contributed by atoms with Crippen LogP contribution in [0.3, 0.4) is 0 Å². The zero-order chi connectivity index (χ0) is 20.0. The van der Waals surface area contributed by atoms with Gasteiger partial charge in [-0.15, -0.1) is 0 Å². The van der Waals surface area contributed by atoms with Crippen LogP contribution in [0.15, 0.2) is 59.5 Å². The van der Waals surface area contributed by atoms with Crippen LogP contribution in [0, 0.1) is 5.92 Å². The molecule has 0 spiro atoms. The summed E-state index contributed by atoms with van der Waals surface area (Å²) in [5, 5.41) is 11.4. The normalized spacial score (nSPS) is 12.6. The van der Waals surface area contributed by atoms with Crippen LogP contribution in [0.4, 0.5) is 0 Å². The van der Waals surface area contributed by atoms with Gasteiger partial charge in [0.15, 0.2) is 9.84 Å². The molecule has 144 valence electrons. The molecule has 2 aromatic rings. The van der Waals surface area contributed by atoms with Crippen molar-refractivity contribution in [2.45, 2.75) is 30.4 Å². The summed E-state index contributed by atoms with van der Waals surface area (Å²) in [6.45, 7) is 3.17. The van der Waals surface area contributed by atoms with Crippen molar-refractivity contribution >= 4 is 21.7 Å². The van der Waals surface area contributed by atoms with Gasteiger partial charge < -0.3 is 10.4 Å². The maximum atomic E-state index is 12.3. The number of sulfone groups is 1. The molecule has 0 heterocycles. The number of carboxylic acids is 1. The monoisotopic (exact) mass is 389 g/mol.